The third-order valence-electron chi connectivity index (χ3n) is 12.4. The highest BCUT2D eigenvalue weighted by Crippen LogP contribution is 2.14. The number of hydrogen-bond acceptors (Lipinski definition) is 6. The molecular formula is C73H112O6. The van der Waals surface area contributed by atoms with Crippen LogP contribution in [-0.4, -0.2) is 37.2 Å². The van der Waals surface area contributed by atoms with Gasteiger partial charge in [0.1, 0.15) is 13.2 Å². The average molecular weight is 1090 g/mol. The molecule has 0 rings (SSSR count). The first-order valence-electron chi connectivity index (χ1n) is 31.3. The zero-order valence-electron chi connectivity index (χ0n) is 50.3. The second kappa shape index (κ2) is 65.0. The van der Waals surface area contributed by atoms with E-state index in [4.69, 9.17) is 14.2 Å². The Labute approximate surface area is 484 Å². The number of ether oxygens (including phenoxy) is 3. The Morgan fingerprint density at radius 3 is 0.835 bits per heavy atom. The first kappa shape index (κ1) is 73.5. The SMILES string of the molecule is CC/C=C\C/C=C\C/C=C\C/C=C\C/C=C\CCCCCCCCCCCCCC(=O)OCC(COC(=O)C/C=C\C/C=C\C/C=C\C/C=C\C/C=C\CC)OC(=O)CCCCC/C=C\C/C=C\C/C=C\C/C=C\C/C=C\CC. The Balaban J connectivity index is 4.49. The lowest BCUT2D eigenvalue weighted by Gasteiger charge is -2.18. The van der Waals surface area contributed by atoms with Crippen LogP contribution in [0, 0.1) is 0 Å². The number of rotatable bonds is 54. The standard InChI is InChI=1S/C73H112O6/c1-4-7-10-13-16-19-22-25-28-30-32-33-34-35-36-37-38-39-41-42-45-48-51-54-57-60-63-66-72(75)78-69-70(68-77-71(74)65-62-59-56-53-50-47-44-27-24-21-18-15-12-9-6-3)79-73(76)67-64-61-58-55-52-49-46-43-40-31-29-26-23-20-17-14-11-8-5-2/h7-12,16-21,25-29,32-33,35-36,40,43-44,49-50,52-53,59,62,70H,4-6,13-15,22-24,30-31,34,37-39,41-42,45-48,51,54-58,60-61,63-69H2,1-3H3/b10-7-,11-8-,12-9-,19-16-,20-17-,21-18-,28-25-,29-26-,33-32-,36-35-,43-40-,44-27-,52-49-,53-50-,62-59-. The lowest BCUT2D eigenvalue weighted by Crippen LogP contribution is -2.30. The number of allylic oxidation sites excluding steroid dienone is 29. The quantitative estimate of drug-likeness (QED) is 0.0261. The molecule has 0 amide bonds. The topological polar surface area (TPSA) is 78.9 Å². The highest BCUT2D eigenvalue weighted by Gasteiger charge is 2.19. The van der Waals surface area contributed by atoms with Gasteiger partial charge < -0.3 is 14.2 Å². The van der Waals surface area contributed by atoms with Gasteiger partial charge in [-0.15, -0.1) is 0 Å². The maximum atomic E-state index is 12.9. The van der Waals surface area contributed by atoms with Crippen LogP contribution in [0.2, 0.25) is 0 Å². The molecule has 0 saturated carbocycles. The second-order valence-electron chi connectivity index (χ2n) is 19.8. The minimum atomic E-state index is -0.848. The van der Waals surface area contributed by atoms with E-state index < -0.39 is 12.1 Å². The summed E-state index contributed by atoms with van der Waals surface area (Å²) in [6, 6.07) is 0. The van der Waals surface area contributed by atoms with Crippen molar-refractivity contribution in [1.82, 2.24) is 0 Å². The van der Waals surface area contributed by atoms with E-state index in [2.05, 4.69) is 191 Å². The highest BCUT2D eigenvalue weighted by atomic mass is 16.6. The fraction of sp³-hybridized carbons (Fsp3) is 0.548. The van der Waals surface area contributed by atoms with E-state index in [1.54, 1.807) is 6.08 Å². The molecule has 0 bridgehead atoms. The molecule has 0 aromatic carbocycles. The number of carbonyl (C=O) groups excluding carboxylic acids is 3. The predicted octanol–water partition coefficient (Wildman–Crippen LogP) is 21.7. The van der Waals surface area contributed by atoms with Crippen LogP contribution in [0.5, 0.6) is 0 Å². The van der Waals surface area contributed by atoms with Gasteiger partial charge in [0.25, 0.3) is 0 Å². The van der Waals surface area contributed by atoms with Gasteiger partial charge >= 0.3 is 17.9 Å². The van der Waals surface area contributed by atoms with E-state index in [1.165, 1.54) is 57.8 Å². The van der Waals surface area contributed by atoms with Crippen molar-refractivity contribution in [2.45, 2.75) is 245 Å². The van der Waals surface area contributed by atoms with E-state index in [0.717, 1.165) is 135 Å². The minimum Gasteiger partial charge on any atom is -0.462 e. The summed E-state index contributed by atoms with van der Waals surface area (Å²) in [5.41, 5.74) is 0. The van der Waals surface area contributed by atoms with Crippen molar-refractivity contribution < 1.29 is 28.6 Å². The Morgan fingerprint density at radius 2 is 0.506 bits per heavy atom. The molecule has 79 heavy (non-hydrogen) atoms. The van der Waals surface area contributed by atoms with E-state index in [1.807, 2.05) is 6.08 Å². The Bertz CT molecular complexity index is 1870. The van der Waals surface area contributed by atoms with Crippen LogP contribution in [0.1, 0.15) is 239 Å². The van der Waals surface area contributed by atoms with Gasteiger partial charge in [-0.25, -0.2) is 0 Å². The molecule has 0 aromatic rings. The number of esters is 3. The summed E-state index contributed by atoms with van der Waals surface area (Å²) in [4.78, 5) is 38.2. The van der Waals surface area contributed by atoms with Gasteiger partial charge in [-0.2, -0.15) is 0 Å². The smallest absolute Gasteiger partial charge is 0.309 e. The summed E-state index contributed by atoms with van der Waals surface area (Å²) in [6.45, 7) is 6.17. The lowest BCUT2D eigenvalue weighted by molar-refractivity contribution is -0.166. The molecule has 1 unspecified atom stereocenters. The molecule has 0 aliphatic rings. The lowest BCUT2D eigenvalue weighted by atomic mass is 10.0. The molecule has 0 aliphatic carbocycles. The van der Waals surface area contributed by atoms with Crippen molar-refractivity contribution in [1.29, 1.82) is 0 Å². The van der Waals surface area contributed by atoms with Crippen molar-refractivity contribution in [3.8, 4) is 0 Å². The molecule has 6 nitrogen and oxygen atoms in total. The molecule has 0 N–H and O–H groups in total. The van der Waals surface area contributed by atoms with Gasteiger partial charge in [0.05, 0.1) is 6.42 Å². The van der Waals surface area contributed by atoms with E-state index >= 15 is 0 Å². The van der Waals surface area contributed by atoms with Crippen molar-refractivity contribution in [2.24, 2.45) is 0 Å². The fourth-order valence-corrected chi connectivity index (χ4v) is 7.86. The summed E-state index contributed by atoms with van der Waals surface area (Å²) in [5, 5.41) is 0. The van der Waals surface area contributed by atoms with Crippen molar-refractivity contribution in [3.63, 3.8) is 0 Å². The van der Waals surface area contributed by atoms with Crippen LogP contribution in [0.3, 0.4) is 0 Å². The second-order valence-corrected chi connectivity index (χ2v) is 19.8. The maximum Gasteiger partial charge on any atom is 0.309 e. The van der Waals surface area contributed by atoms with Crippen LogP contribution in [0.15, 0.2) is 182 Å². The Morgan fingerprint density at radius 1 is 0.266 bits per heavy atom. The average Bonchev–Trinajstić information content (AvgIpc) is 3.45. The summed E-state index contributed by atoms with van der Waals surface area (Å²) >= 11 is 0. The summed E-state index contributed by atoms with van der Waals surface area (Å²) in [5.74, 6) is -1.11. The van der Waals surface area contributed by atoms with Gasteiger partial charge in [-0.1, -0.05) is 267 Å². The zero-order chi connectivity index (χ0) is 57.1. The molecule has 0 spiro atoms. The number of hydrogen-bond donors (Lipinski definition) is 0. The van der Waals surface area contributed by atoms with Crippen LogP contribution in [-0.2, 0) is 28.6 Å². The van der Waals surface area contributed by atoms with Crippen molar-refractivity contribution in [2.75, 3.05) is 13.2 Å². The van der Waals surface area contributed by atoms with Crippen LogP contribution >= 0.6 is 0 Å². The Kier molecular flexibility index (Phi) is 60.5. The molecule has 0 aliphatic heterocycles. The van der Waals surface area contributed by atoms with E-state index in [0.29, 0.717) is 12.8 Å². The molecule has 0 saturated heterocycles. The monoisotopic (exact) mass is 1080 g/mol. The number of carbonyl (C=O) groups is 3. The van der Waals surface area contributed by atoms with Crippen LogP contribution in [0.4, 0.5) is 0 Å². The molecular weight excluding hydrogens is 973 g/mol. The molecule has 0 aromatic heterocycles. The molecule has 1 atom stereocenters. The van der Waals surface area contributed by atoms with Crippen LogP contribution < -0.4 is 0 Å². The van der Waals surface area contributed by atoms with Gasteiger partial charge in [-0.05, 0) is 135 Å². The molecule has 440 valence electrons. The normalized spacial score (nSPS) is 13.4. The molecule has 6 heteroatoms. The van der Waals surface area contributed by atoms with Gasteiger partial charge in [0.15, 0.2) is 6.10 Å². The van der Waals surface area contributed by atoms with E-state index in [9.17, 15) is 14.4 Å². The number of unbranched alkanes of at least 4 members (excludes halogenated alkanes) is 14. The Hall–Kier alpha value is -5.49. The van der Waals surface area contributed by atoms with Crippen molar-refractivity contribution in [3.05, 3.63) is 182 Å². The van der Waals surface area contributed by atoms with E-state index in [-0.39, 0.29) is 38.0 Å². The van der Waals surface area contributed by atoms with Crippen molar-refractivity contribution >= 4 is 17.9 Å². The zero-order valence-corrected chi connectivity index (χ0v) is 50.3. The summed E-state index contributed by atoms with van der Waals surface area (Å²) in [7, 11) is 0. The largest absolute Gasteiger partial charge is 0.462 e. The predicted molar refractivity (Wildman–Crippen MR) is 343 cm³/mol. The molecule has 0 radical (unpaired) electrons. The minimum absolute atomic E-state index is 0.110. The molecule has 0 heterocycles. The maximum absolute atomic E-state index is 12.9. The van der Waals surface area contributed by atoms with Gasteiger partial charge in [0.2, 0.25) is 0 Å². The first-order valence-corrected chi connectivity index (χ1v) is 31.3. The molecule has 0 fully saturated rings. The first-order chi connectivity index (χ1) is 39.0. The summed E-state index contributed by atoms with van der Waals surface area (Å²) in [6.07, 6.45) is 97.8. The fourth-order valence-electron chi connectivity index (χ4n) is 7.86. The third kappa shape index (κ3) is 63.2. The third-order valence-corrected chi connectivity index (χ3v) is 12.4. The van der Waals surface area contributed by atoms with Gasteiger partial charge in [0, 0.05) is 12.8 Å². The highest BCUT2D eigenvalue weighted by molar-refractivity contribution is 5.72. The van der Waals surface area contributed by atoms with Gasteiger partial charge in [-0.3, -0.25) is 14.4 Å². The van der Waals surface area contributed by atoms with Crippen LogP contribution in [0.25, 0.3) is 0 Å². The summed E-state index contributed by atoms with van der Waals surface area (Å²) < 4.78 is 16.8.